The summed E-state index contributed by atoms with van der Waals surface area (Å²) in [5.74, 6) is 1.25. The standard InChI is InChI=1S/C26H32N4O3/c1-4-30-23-10-9-21(12-22(23)28-25(32)26(30)33)24(31)27-13-19-5-7-20(8-6-19)16-29-14-17(2)11-18(3)15-29/h5-10,12,17-18H,4,11,13-16H2,1-3H3,(H,27,31)(H,28,32). The van der Waals surface area contributed by atoms with Crippen LogP contribution in [0.5, 0.6) is 0 Å². The Balaban J connectivity index is 1.39. The minimum Gasteiger partial charge on any atom is -0.348 e. The average Bonchev–Trinajstić information content (AvgIpc) is 2.78. The van der Waals surface area contributed by atoms with Crippen LogP contribution in [-0.2, 0) is 19.6 Å². The fraction of sp³-hybridized carbons (Fsp3) is 0.423. The number of piperidine rings is 1. The second kappa shape index (κ2) is 9.75. The number of H-pyrrole nitrogens is 1. The Labute approximate surface area is 193 Å². The van der Waals surface area contributed by atoms with Gasteiger partial charge in [-0.3, -0.25) is 19.3 Å². The quantitative estimate of drug-likeness (QED) is 0.567. The van der Waals surface area contributed by atoms with Gasteiger partial charge in [0.25, 0.3) is 5.91 Å². The summed E-state index contributed by atoms with van der Waals surface area (Å²) in [4.78, 5) is 41.7. The molecule has 0 radical (unpaired) electrons. The predicted octanol–water partition coefficient (Wildman–Crippen LogP) is 3.12. The SMILES string of the molecule is CCn1c(=O)c(=O)[nH]c2cc(C(=O)NCc3ccc(CN4CC(C)CC(C)C4)cc3)ccc21. The zero-order valence-corrected chi connectivity index (χ0v) is 19.6. The molecule has 1 amide bonds. The Morgan fingerprint density at radius 2 is 1.70 bits per heavy atom. The van der Waals surface area contributed by atoms with Crippen LogP contribution in [0.4, 0.5) is 0 Å². The highest BCUT2D eigenvalue weighted by molar-refractivity contribution is 5.97. The minimum absolute atomic E-state index is 0.229. The molecule has 4 rings (SSSR count). The van der Waals surface area contributed by atoms with Gasteiger partial charge in [0.2, 0.25) is 0 Å². The molecule has 7 nitrogen and oxygen atoms in total. The van der Waals surface area contributed by atoms with E-state index in [4.69, 9.17) is 0 Å². The highest BCUT2D eigenvalue weighted by Crippen LogP contribution is 2.22. The molecule has 0 saturated carbocycles. The molecule has 0 bridgehead atoms. The number of aromatic nitrogens is 2. The number of rotatable bonds is 6. The third-order valence-corrected chi connectivity index (χ3v) is 6.38. The van der Waals surface area contributed by atoms with E-state index in [1.807, 2.05) is 0 Å². The van der Waals surface area contributed by atoms with Crippen LogP contribution in [-0.4, -0.2) is 33.4 Å². The third-order valence-electron chi connectivity index (χ3n) is 6.38. The van der Waals surface area contributed by atoms with Gasteiger partial charge in [-0.25, -0.2) is 0 Å². The highest BCUT2D eigenvalue weighted by atomic mass is 16.2. The number of aryl methyl sites for hydroxylation is 1. The smallest absolute Gasteiger partial charge is 0.316 e. The number of carbonyl (C=O) groups is 1. The van der Waals surface area contributed by atoms with Gasteiger partial charge in [0.15, 0.2) is 0 Å². The largest absolute Gasteiger partial charge is 0.348 e. The van der Waals surface area contributed by atoms with E-state index in [9.17, 15) is 14.4 Å². The number of hydrogen-bond donors (Lipinski definition) is 2. The molecular formula is C26H32N4O3. The number of fused-ring (bicyclic) bond motifs is 1. The molecule has 2 heterocycles. The molecule has 2 unspecified atom stereocenters. The van der Waals surface area contributed by atoms with Gasteiger partial charge >= 0.3 is 11.1 Å². The molecule has 1 aromatic heterocycles. The topological polar surface area (TPSA) is 87.2 Å². The van der Waals surface area contributed by atoms with Crippen LogP contribution in [0.2, 0.25) is 0 Å². The first-order chi connectivity index (χ1) is 15.8. The number of likely N-dealkylation sites (tertiary alicyclic amines) is 1. The van der Waals surface area contributed by atoms with Crippen molar-refractivity contribution >= 4 is 16.9 Å². The first-order valence-electron chi connectivity index (χ1n) is 11.7. The van der Waals surface area contributed by atoms with Gasteiger partial charge in [-0.15, -0.1) is 0 Å². The first-order valence-corrected chi connectivity index (χ1v) is 11.7. The van der Waals surface area contributed by atoms with Crippen molar-refractivity contribution < 1.29 is 4.79 Å². The van der Waals surface area contributed by atoms with E-state index in [-0.39, 0.29) is 5.91 Å². The maximum Gasteiger partial charge on any atom is 0.316 e. The van der Waals surface area contributed by atoms with Crippen molar-refractivity contribution in [2.24, 2.45) is 11.8 Å². The van der Waals surface area contributed by atoms with Gasteiger partial charge in [0.05, 0.1) is 11.0 Å². The lowest BCUT2D eigenvalue weighted by Gasteiger charge is -2.35. The number of benzene rings is 2. The second-order valence-electron chi connectivity index (χ2n) is 9.37. The normalized spacial score (nSPS) is 19.0. The van der Waals surface area contributed by atoms with Gasteiger partial charge in [-0.1, -0.05) is 38.1 Å². The van der Waals surface area contributed by atoms with E-state index in [2.05, 4.69) is 53.3 Å². The van der Waals surface area contributed by atoms with E-state index in [0.717, 1.165) is 37.0 Å². The molecule has 2 aromatic carbocycles. The molecule has 1 saturated heterocycles. The van der Waals surface area contributed by atoms with Crippen molar-refractivity contribution in [1.29, 1.82) is 0 Å². The predicted molar refractivity (Wildman–Crippen MR) is 130 cm³/mol. The van der Waals surface area contributed by atoms with E-state index < -0.39 is 11.1 Å². The molecule has 1 aliphatic rings. The van der Waals surface area contributed by atoms with Gasteiger partial charge < -0.3 is 14.9 Å². The summed E-state index contributed by atoms with van der Waals surface area (Å²) in [6.45, 7) is 10.5. The number of hydrogen-bond acceptors (Lipinski definition) is 4. The van der Waals surface area contributed by atoms with E-state index in [1.54, 1.807) is 25.1 Å². The summed E-state index contributed by atoms with van der Waals surface area (Å²) >= 11 is 0. The molecule has 0 spiro atoms. The summed E-state index contributed by atoms with van der Waals surface area (Å²) in [7, 11) is 0. The van der Waals surface area contributed by atoms with Crippen molar-refractivity contribution in [3.05, 3.63) is 79.9 Å². The fourth-order valence-electron chi connectivity index (χ4n) is 4.96. The number of nitrogens with one attached hydrogen (secondary N) is 2. The van der Waals surface area contributed by atoms with Crippen LogP contribution in [0.15, 0.2) is 52.1 Å². The summed E-state index contributed by atoms with van der Waals surface area (Å²) in [5.41, 5.74) is 2.55. The number of nitrogens with zero attached hydrogens (tertiary/aromatic N) is 2. The van der Waals surface area contributed by atoms with Gasteiger partial charge in [0, 0.05) is 38.3 Å². The summed E-state index contributed by atoms with van der Waals surface area (Å²) in [6, 6.07) is 13.4. The molecule has 0 aliphatic carbocycles. The van der Waals surface area contributed by atoms with Crippen molar-refractivity contribution in [3.8, 4) is 0 Å². The van der Waals surface area contributed by atoms with E-state index in [1.165, 1.54) is 16.6 Å². The molecular weight excluding hydrogens is 416 g/mol. The Morgan fingerprint density at radius 1 is 1.03 bits per heavy atom. The molecule has 33 heavy (non-hydrogen) atoms. The van der Waals surface area contributed by atoms with Crippen molar-refractivity contribution in [2.45, 2.75) is 46.8 Å². The molecule has 174 valence electrons. The van der Waals surface area contributed by atoms with E-state index >= 15 is 0 Å². The van der Waals surface area contributed by atoms with Gasteiger partial charge in [-0.2, -0.15) is 0 Å². The Kier molecular flexibility index (Phi) is 6.79. The van der Waals surface area contributed by atoms with Crippen molar-refractivity contribution in [2.75, 3.05) is 13.1 Å². The monoisotopic (exact) mass is 448 g/mol. The highest BCUT2D eigenvalue weighted by Gasteiger charge is 2.21. The molecule has 3 aromatic rings. The van der Waals surface area contributed by atoms with Crippen LogP contribution >= 0.6 is 0 Å². The molecule has 2 N–H and O–H groups in total. The average molecular weight is 449 g/mol. The molecule has 1 aliphatic heterocycles. The summed E-state index contributed by atoms with van der Waals surface area (Å²) in [6.07, 6.45) is 1.31. The van der Waals surface area contributed by atoms with Crippen molar-refractivity contribution in [3.63, 3.8) is 0 Å². The Bertz CT molecular complexity index is 1250. The molecule has 2 atom stereocenters. The van der Waals surface area contributed by atoms with Crippen LogP contribution in [0.25, 0.3) is 11.0 Å². The van der Waals surface area contributed by atoms with Crippen LogP contribution in [0.3, 0.4) is 0 Å². The van der Waals surface area contributed by atoms with Crippen molar-refractivity contribution in [1.82, 2.24) is 19.8 Å². The first kappa shape index (κ1) is 23.0. The number of amides is 1. The lowest BCUT2D eigenvalue weighted by atomic mass is 9.91. The lowest BCUT2D eigenvalue weighted by Crippen LogP contribution is -2.38. The number of aromatic amines is 1. The zero-order chi connectivity index (χ0) is 23.5. The third kappa shape index (κ3) is 5.25. The van der Waals surface area contributed by atoms with Crippen LogP contribution in [0, 0.1) is 11.8 Å². The Hall–Kier alpha value is -3.19. The maximum atomic E-state index is 12.7. The number of carbonyl (C=O) groups excluding carboxylic acids is 1. The van der Waals surface area contributed by atoms with Crippen LogP contribution < -0.4 is 16.4 Å². The van der Waals surface area contributed by atoms with E-state index in [0.29, 0.717) is 29.7 Å². The fourth-order valence-corrected chi connectivity index (χ4v) is 4.96. The maximum absolute atomic E-state index is 12.7. The Morgan fingerprint density at radius 3 is 2.36 bits per heavy atom. The van der Waals surface area contributed by atoms with Gasteiger partial charge in [0.1, 0.15) is 0 Å². The summed E-state index contributed by atoms with van der Waals surface area (Å²) < 4.78 is 1.41. The molecule has 1 fully saturated rings. The minimum atomic E-state index is -0.685. The zero-order valence-electron chi connectivity index (χ0n) is 19.6. The summed E-state index contributed by atoms with van der Waals surface area (Å²) in [5, 5.41) is 2.94. The second-order valence-corrected chi connectivity index (χ2v) is 9.37. The molecule has 7 heteroatoms. The van der Waals surface area contributed by atoms with Gasteiger partial charge in [-0.05, 0) is 54.5 Å². The van der Waals surface area contributed by atoms with Crippen LogP contribution in [0.1, 0.15) is 48.7 Å². The lowest BCUT2D eigenvalue weighted by molar-refractivity contribution is 0.0951.